The van der Waals surface area contributed by atoms with Crippen LogP contribution in [0.5, 0.6) is 0 Å². The van der Waals surface area contributed by atoms with Gasteiger partial charge in [0.15, 0.2) is 0 Å². The molecule has 120 valence electrons. The summed E-state index contributed by atoms with van der Waals surface area (Å²) in [5.74, 6) is 1.24. The van der Waals surface area contributed by atoms with Crippen LogP contribution in [0.4, 0.5) is 0 Å². The Hall–Kier alpha value is -0.860. The molecule has 0 radical (unpaired) electrons. The minimum absolute atomic E-state index is 0.174. The summed E-state index contributed by atoms with van der Waals surface area (Å²) in [6.07, 6.45) is 2.24. The van der Waals surface area contributed by atoms with Gasteiger partial charge in [0.1, 0.15) is 0 Å². The van der Waals surface area contributed by atoms with Crippen LogP contribution in [0.15, 0.2) is 30.3 Å². The Balaban J connectivity index is 2.45. The van der Waals surface area contributed by atoms with E-state index in [1.54, 1.807) is 0 Å². The molecule has 0 fully saturated rings. The van der Waals surface area contributed by atoms with Crippen LogP contribution in [0.1, 0.15) is 46.6 Å². The van der Waals surface area contributed by atoms with Crippen molar-refractivity contribution in [2.45, 2.75) is 53.0 Å². The minimum atomic E-state index is 0.174. The lowest BCUT2D eigenvalue weighted by Gasteiger charge is -2.25. The molecule has 0 aliphatic rings. The lowest BCUT2D eigenvalue weighted by Crippen LogP contribution is -2.39. The molecule has 1 unspecified atom stereocenters. The first kappa shape index (κ1) is 18.2. The molecule has 1 aromatic rings. The van der Waals surface area contributed by atoms with E-state index in [1.165, 1.54) is 5.56 Å². The quantitative estimate of drug-likeness (QED) is 0.685. The van der Waals surface area contributed by atoms with Gasteiger partial charge in [-0.3, -0.25) is 0 Å². The van der Waals surface area contributed by atoms with Crippen molar-refractivity contribution >= 4 is 0 Å². The van der Waals surface area contributed by atoms with E-state index in [0.717, 1.165) is 32.6 Å². The van der Waals surface area contributed by atoms with Crippen LogP contribution in [-0.2, 0) is 11.2 Å². The molecule has 0 saturated carbocycles. The summed E-state index contributed by atoms with van der Waals surface area (Å²) < 4.78 is 5.77. The summed E-state index contributed by atoms with van der Waals surface area (Å²) in [6.45, 7) is 13.8. The van der Waals surface area contributed by atoms with E-state index in [-0.39, 0.29) is 5.54 Å². The van der Waals surface area contributed by atoms with Gasteiger partial charge in [-0.15, -0.1) is 0 Å². The maximum absolute atomic E-state index is 5.77. The zero-order chi connectivity index (χ0) is 15.7. The van der Waals surface area contributed by atoms with Gasteiger partial charge in [0.25, 0.3) is 0 Å². The van der Waals surface area contributed by atoms with Gasteiger partial charge in [0.05, 0.1) is 0 Å². The smallest absolute Gasteiger partial charge is 0.0488 e. The summed E-state index contributed by atoms with van der Waals surface area (Å²) in [7, 11) is 0. The topological polar surface area (TPSA) is 21.3 Å². The van der Waals surface area contributed by atoms with Gasteiger partial charge in [-0.1, -0.05) is 44.2 Å². The van der Waals surface area contributed by atoms with Crippen molar-refractivity contribution in [1.29, 1.82) is 0 Å². The van der Waals surface area contributed by atoms with Gasteiger partial charge in [-0.05, 0) is 57.6 Å². The largest absolute Gasteiger partial charge is 0.381 e. The molecular weight excluding hydrogens is 258 g/mol. The Morgan fingerprint density at radius 1 is 1.10 bits per heavy atom. The van der Waals surface area contributed by atoms with Crippen molar-refractivity contribution in [3.63, 3.8) is 0 Å². The van der Waals surface area contributed by atoms with Gasteiger partial charge in [0.2, 0.25) is 0 Å². The first-order valence-corrected chi connectivity index (χ1v) is 8.23. The van der Waals surface area contributed by atoms with Gasteiger partial charge in [-0.25, -0.2) is 0 Å². The van der Waals surface area contributed by atoms with Crippen molar-refractivity contribution in [2.24, 2.45) is 11.8 Å². The Kier molecular flexibility index (Phi) is 7.98. The van der Waals surface area contributed by atoms with Crippen LogP contribution < -0.4 is 5.32 Å². The highest BCUT2D eigenvalue weighted by Gasteiger charge is 2.15. The molecule has 1 rings (SSSR count). The monoisotopic (exact) mass is 291 g/mol. The van der Waals surface area contributed by atoms with Crippen LogP contribution in [0.25, 0.3) is 0 Å². The van der Waals surface area contributed by atoms with Gasteiger partial charge in [0, 0.05) is 18.8 Å². The van der Waals surface area contributed by atoms with Crippen LogP contribution in [0.3, 0.4) is 0 Å². The molecule has 0 spiro atoms. The highest BCUT2D eigenvalue weighted by atomic mass is 16.5. The first-order chi connectivity index (χ1) is 9.87. The third-order valence-corrected chi connectivity index (χ3v) is 3.41. The molecule has 1 N–H and O–H groups in total. The Morgan fingerprint density at radius 3 is 2.33 bits per heavy atom. The normalized spacial score (nSPS) is 13.6. The van der Waals surface area contributed by atoms with Crippen molar-refractivity contribution in [1.82, 2.24) is 5.32 Å². The average molecular weight is 291 g/mol. The Bertz CT molecular complexity index is 367. The summed E-state index contributed by atoms with van der Waals surface area (Å²) in [5, 5.41) is 3.64. The lowest BCUT2D eigenvalue weighted by atomic mass is 9.95. The molecular formula is C19H33NO. The summed E-state index contributed by atoms with van der Waals surface area (Å²) in [5.41, 5.74) is 1.59. The van der Waals surface area contributed by atoms with E-state index >= 15 is 0 Å². The van der Waals surface area contributed by atoms with E-state index in [9.17, 15) is 0 Å². The maximum Gasteiger partial charge on any atom is 0.0488 e. The van der Waals surface area contributed by atoms with E-state index in [0.29, 0.717) is 11.8 Å². The van der Waals surface area contributed by atoms with Gasteiger partial charge < -0.3 is 10.1 Å². The second-order valence-electron chi connectivity index (χ2n) is 7.44. The summed E-state index contributed by atoms with van der Waals surface area (Å²) >= 11 is 0. The number of benzene rings is 1. The van der Waals surface area contributed by atoms with E-state index < -0.39 is 0 Å². The van der Waals surface area contributed by atoms with Crippen molar-refractivity contribution in [3.8, 4) is 0 Å². The van der Waals surface area contributed by atoms with E-state index in [2.05, 4.69) is 70.3 Å². The van der Waals surface area contributed by atoms with Crippen LogP contribution >= 0.6 is 0 Å². The minimum Gasteiger partial charge on any atom is -0.381 e. The average Bonchev–Trinajstić information content (AvgIpc) is 2.40. The molecule has 0 aliphatic carbocycles. The number of ether oxygens (including phenoxy) is 1. The molecule has 0 aliphatic heterocycles. The van der Waals surface area contributed by atoms with E-state index in [4.69, 9.17) is 4.74 Å². The second-order valence-corrected chi connectivity index (χ2v) is 7.44. The molecule has 21 heavy (non-hydrogen) atoms. The molecule has 0 heterocycles. The fourth-order valence-corrected chi connectivity index (χ4v) is 2.24. The zero-order valence-electron chi connectivity index (χ0n) is 14.5. The lowest BCUT2D eigenvalue weighted by molar-refractivity contribution is 0.0968. The fourth-order valence-electron chi connectivity index (χ4n) is 2.24. The first-order valence-electron chi connectivity index (χ1n) is 8.23. The predicted molar refractivity (Wildman–Crippen MR) is 91.7 cm³/mol. The Labute approximate surface area is 131 Å². The maximum atomic E-state index is 5.77. The summed E-state index contributed by atoms with van der Waals surface area (Å²) in [6, 6.07) is 10.8. The zero-order valence-corrected chi connectivity index (χ0v) is 14.5. The van der Waals surface area contributed by atoms with Crippen LogP contribution in [-0.4, -0.2) is 25.3 Å². The molecule has 1 atom stereocenters. The highest BCUT2D eigenvalue weighted by Crippen LogP contribution is 2.14. The highest BCUT2D eigenvalue weighted by molar-refractivity contribution is 5.15. The molecule has 0 aromatic heterocycles. The van der Waals surface area contributed by atoms with Crippen molar-refractivity contribution in [3.05, 3.63) is 35.9 Å². The van der Waals surface area contributed by atoms with Crippen LogP contribution in [0.2, 0.25) is 0 Å². The number of hydrogen-bond acceptors (Lipinski definition) is 2. The fraction of sp³-hybridized carbons (Fsp3) is 0.684. The van der Waals surface area contributed by atoms with Gasteiger partial charge in [-0.2, -0.15) is 0 Å². The third kappa shape index (κ3) is 9.65. The van der Waals surface area contributed by atoms with Crippen molar-refractivity contribution in [2.75, 3.05) is 19.8 Å². The predicted octanol–water partition coefficient (Wildman–Crippen LogP) is 4.30. The SMILES string of the molecule is CC(C)COCCC(CNC(C)(C)C)Cc1ccccc1. The van der Waals surface area contributed by atoms with E-state index in [1.807, 2.05) is 0 Å². The van der Waals surface area contributed by atoms with Crippen molar-refractivity contribution < 1.29 is 4.74 Å². The molecule has 1 aromatic carbocycles. The number of hydrogen-bond donors (Lipinski definition) is 1. The number of rotatable bonds is 9. The second kappa shape index (κ2) is 9.22. The molecule has 0 amide bonds. The number of nitrogens with one attached hydrogen (secondary N) is 1. The standard InChI is InChI=1S/C19H33NO/c1-16(2)15-21-12-11-18(14-20-19(3,4)5)13-17-9-7-6-8-10-17/h6-10,16,18,20H,11-15H2,1-5H3. The van der Waals surface area contributed by atoms with Gasteiger partial charge >= 0.3 is 0 Å². The molecule has 2 heteroatoms. The summed E-state index contributed by atoms with van der Waals surface area (Å²) in [4.78, 5) is 0. The third-order valence-electron chi connectivity index (χ3n) is 3.41. The molecule has 0 saturated heterocycles. The molecule has 0 bridgehead atoms. The molecule has 2 nitrogen and oxygen atoms in total. The van der Waals surface area contributed by atoms with Crippen LogP contribution in [0, 0.1) is 11.8 Å². The Morgan fingerprint density at radius 2 is 1.76 bits per heavy atom.